The van der Waals surface area contributed by atoms with E-state index in [1.165, 1.54) is 0 Å². The van der Waals surface area contributed by atoms with Crippen molar-refractivity contribution >= 4 is 23.3 Å². The largest absolute Gasteiger partial charge is 0.380 e. The lowest BCUT2D eigenvalue weighted by atomic mass is 10.0. The standard InChI is InChI=1S/C18H20ClN3O3/c1-24-11-13-10-14(19)2-3-15(13)21-18(23)22-16-6-9-25-17(16)12-4-7-20-8-5-12/h2-5,7-8,10,16-17H,6,9,11H2,1H3,(H2,21,22,23)/t16-,17+/m0/s1. The van der Waals surface area contributed by atoms with Crippen LogP contribution in [0.25, 0.3) is 0 Å². The Morgan fingerprint density at radius 2 is 2.16 bits per heavy atom. The fraction of sp³-hybridized carbons (Fsp3) is 0.333. The number of rotatable bonds is 5. The van der Waals surface area contributed by atoms with Gasteiger partial charge >= 0.3 is 6.03 Å². The molecule has 3 rings (SSSR count). The van der Waals surface area contributed by atoms with E-state index < -0.39 is 0 Å². The highest BCUT2D eigenvalue weighted by Crippen LogP contribution is 2.29. The third kappa shape index (κ3) is 4.48. The van der Waals surface area contributed by atoms with Gasteiger partial charge in [0.2, 0.25) is 0 Å². The van der Waals surface area contributed by atoms with Gasteiger partial charge < -0.3 is 20.1 Å². The van der Waals surface area contributed by atoms with Gasteiger partial charge in [0.05, 0.1) is 12.6 Å². The van der Waals surface area contributed by atoms with E-state index in [2.05, 4.69) is 15.6 Å². The van der Waals surface area contributed by atoms with Crippen molar-refractivity contribution in [2.24, 2.45) is 0 Å². The molecule has 7 heteroatoms. The Kier molecular flexibility index (Phi) is 5.86. The number of carbonyl (C=O) groups is 1. The van der Waals surface area contributed by atoms with Crippen LogP contribution in [-0.4, -0.2) is 30.8 Å². The zero-order valence-corrected chi connectivity index (χ0v) is 14.6. The molecule has 1 aliphatic heterocycles. The first-order valence-electron chi connectivity index (χ1n) is 8.04. The molecule has 1 aliphatic rings. The highest BCUT2D eigenvalue weighted by Gasteiger charge is 2.31. The molecule has 0 spiro atoms. The van der Waals surface area contributed by atoms with Gasteiger partial charge in [0.1, 0.15) is 6.10 Å². The Bertz CT molecular complexity index is 727. The van der Waals surface area contributed by atoms with Gasteiger partial charge in [0.25, 0.3) is 0 Å². The Morgan fingerprint density at radius 3 is 2.92 bits per heavy atom. The molecular formula is C18H20ClN3O3. The smallest absolute Gasteiger partial charge is 0.319 e. The molecule has 1 aromatic carbocycles. The number of pyridine rings is 1. The van der Waals surface area contributed by atoms with Crippen molar-refractivity contribution in [2.45, 2.75) is 25.2 Å². The van der Waals surface area contributed by atoms with Gasteiger partial charge in [-0.15, -0.1) is 0 Å². The van der Waals surface area contributed by atoms with Gasteiger partial charge in [0, 0.05) is 42.4 Å². The minimum Gasteiger partial charge on any atom is -0.380 e. The Labute approximate surface area is 151 Å². The molecule has 0 saturated carbocycles. The van der Waals surface area contributed by atoms with E-state index in [9.17, 15) is 4.79 Å². The minimum absolute atomic E-state index is 0.0967. The van der Waals surface area contributed by atoms with Gasteiger partial charge in [-0.1, -0.05) is 11.6 Å². The van der Waals surface area contributed by atoms with Gasteiger partial charge in [-0.2, -0.15) is 0 Å². The second kappa shape index (κ2) is 8.29. The number of anilines is 1. The molecule has 0 radical (unpaired) electrons. The fourth-order valence-electron chi connectivity index (χ4n) is 2.90. The molecule has 1 aromatic heterocycles. The van der Waals surface area contributed by atoms with E-state index in [4.69, 9.17) is 21.1 Å². The number of hydrogen-bond donors (Lipinski definition) is 2. The average molecular weight is 362 g/mol. The maximum absolute atomic E-state index is 12.4. The SMILES string of the molecule is COCc1cc(Cl)ccc1NC(=O)N[C@H]1CCO[C@@H]1c1ccncc1. The van der Waals surface area contributed by atoms with Crippen molar-refractivity contribution in [3.63, 3.8) is 0 Å². The third-order valence-electron chi connectivity index (χ3n) is 4.06. The van der Waals surface area contributed by atoms with Crippen LogP contribution < -0.4 is 10.6 Å². The van der Waals surface area contributed by atoms with E-state index in [1.807, 2.05) is 12.1 Å². The number of ether oxygens (including phenoxy) is 2. The summed E-state index contributed by atoms with van der Waals surface area (Å²) in [7, 11) is 1.60. The first-order valence-corrected chi connectivity index (χ1v) is 8.41. The van der Waals surface area contributed by atoms with Crippen LogP contribution in [-0.2, 0) is 16.1 Å². The van der Waals surface area contributed by atoms with Crippen LogP contribution in [0.4, 0.5) is 10.5 Å². The Morgan fingerprint density at radius 1 is 1.36 bits per heavy atom. The van der Waals surface area contributed by atoms with Crippen LogP contribution in [0, 0.1) is 0 Å². The van der Waals surface area contributed by atoms with Crippen LogP contribution in [0.2, 0.25) is 5.02 Å². The summed E-state index contributed by atoms with van der Waals surface area (Å²) in [5.41, 5.74) is 2.49. The van der Waals surface area contributed by atoms with Crippen LogP contribution in [0.15, 0.2) is 42.7 Å². The Balaban J connectivity index is 1.66. The van der Waals surface area contributed by atoms with E-state index >= 15 is 0 Å². The molecule has 2 N–H and O–H groups in total. The number of carbonyl (C=O) groups excluding carboxylic acids is 1. The zero-order chi connectivity index (χ0) is 17.6. The van der Waals surface area contributed by atoms with E-state index in [0.717, 1.165) is 17.5 Å². The second-order valence-electron chi connectivity index (χ2n) is 5.80. The lowest BCUT2D eigenvalue weighted by molar-refractivity contribution is 0.100. The first-order chi connectivity index (χ1) is 12.2. The molecule has 0 unspecified atom stereocenters. The molecule has 2 atom stereocenters. The van der Waals surface area contributed by atoms with Crippen molar-refractivity contribution in [3.05, 3.63) is 58.9 Å². The highest BCUT2D eigenvalue weighted by atomic mass is 35.5. The lowest BCUT2D eigenvalue weighted by Crippen LogP contribution is -2.39. The second-order valence-corrected chi connectivity index (χ2v) is 6.24. The number of aromatic nitrogens is 1. The molecule has 2 heterocycles. The van der Waals surface area contributed by atoms with Crippen LogP contribution in [0.5, 0.6) is 0 Å². The van der Waals surface area contributed by atoms with E-state index in [1.54, 1.807) is 37.7 Å². The number of urea groups is 1. The first kappa shape index (κ1) is 17.7. The Hall–Kier alpha value is -2.15. The monoisotopic (exact) mass is 361 g/mol. The van der Waals surface area contributed by atoms with Gasteiger partial charge in [-0.25, -0.2) is 4.79 Å². The number of nitrogens with one attached hydrogen (secondary N) is 2. The van der Waals surface area contributed by atoms with Gasteiger partial charge in [-0.05, 0) is 42.3 Å². The van der Waals surface area contributed by atoms with Crippen molar-refractivity contribution < 1.29 is 14.3 Å². The van der Waals surface area contributed by atoms with Crippen LogP contribution in [0.1, 0.15) is 23.7 Å². The molecule has 25 heavy (non-hydrogen) atoms. The highest BCUT2D eigenvalue weighted by molar-refractivity contribution is 6.30. The molecular weight excluding hydrogens is 342 g/mol. The maximum atomic E-state index is 12.4. The minimum atomic E-state index is -0.283. The number of hydrogen-bond acceptors (Lipinski definition) is 4. The third-order valence-corrected chi connectivity index (χ3v) is 4.29. The lowest BCUT2D eigenvalue weighted by Gasteiger charge is -2.21. The van der Waals surface area contributed by atoms with E-state index in [0.29, 0.717) is 23.9 Å². The molecule has 6 nitrogen and oxygen atoms in total. The fourth-order valence-corrected chi connectivity index (χ4v) is 3.10. The van der Waals surface area contributed by atoms with Crippen molar-refractivity contribution in [1.29, 1.82) is 0 Å². The predicted molar refractivity (Wildman–Crippen MR) is 95.7 cm³/mol. The molecule has 0 bridgehead atoms. The number of nitrogens with zero attached hydrogens (tertiary/aromatic N) is 1. The number of amides is 2. The average Bonchev–Trinajstić information content (AvgIpc) is 3.06. The molecule has 2 aromatic rings. The summed E-state index contributed by atoms with van der Waals surface area (Å²) < 4.78 is 10.9. The van der Waals surface area contributed by atoms with Crippen molar-refractivity contribution in [2.75, 3.05) is 19.0 Å². The topological polar surface area (TPSA) is 72.5 Å². The summed E-state index contributed by atoms with van der Waals surface area (Å²) in [5, 5.41) is 6.45. The molecule has 132 valence electrons. The van der Waals surface area contributed by atoms with Gasteiger partial charge in [-0.3, -0.25) is 4.98 Å². The quantitative estimate of drug-likeness (QED) is 0.854. The molecule has 1 saturated heterocycles. The number of halogens is 1. The number of benzene rings is 1. The molecule has 0 aliphatic carbocycles. The summed E-state index contributed by atoms with van der Waals surface area (Å²) in [6.07, 6.45) is 4.03. The molecule has 1 fully saturated rings. The summed E-state index contributed by atoms with van der Waals surface area (Å²) in [6, 6.07) is 8.70. The van der Waals surface area contributed by atoms with Crippen molar-refractivity contribution in [1.82, 2.24) is 10.3 Å². The van der Waals surface area contributed by atoms with Crippen LogP contribution >= 0.6 is 11.6 Å². The maximum Gasteiger partial charge on any atom is 0.319 e. The zero-order valence-electron chi connectivity index (χ0n) is 13.9. The number of methoxy groups -OCH3 is 1. The normalized spacial score (nSPS) is 19.6. The van der Waals surface area contributed by atoms with Crippen molar-refractivity contribution in [3.8, 4) is 0 Å². The van der Waals surface area contributed by atoms with Gasteiger partial charge in [0.15, 0.2) is 0 Å². The predicted octanol–water partition coefficient (Wildman–Crippen LogP) is 3.53. The molecule has 2 amide bonds. The summed E-state index contributed by atoms with van der Waals surface area (Å²) in [4.78, 5) is 16.4. The van der Waals surface area contributed by atoms with E-state index in [-0.39, 0.29) is 18.2 Å². The summed E-state index contributed by atoms with van der Waals surface area (Å²) in [6.45, 7) is 0.968. The summed E-state index contributed by atoms with van der Waals surface area (Å²) >= 11 is 6.01. The summed E-state index contributed by atoms with van der Waals surface area (Å²) in [5.74, 6) is 0. The van der Waals surface area contributed by atoms with Crippen LogP contribution in [0.3, 0.4) is 0 Å².